The van der Waals surface area contributed by atoms with E-state index in [4.69, 9.17) is 16.9 Å². The quantitative estimate of drug-likeness (QED) is 0.372. The van der Waals surface area contributed by atoms with Crippen molar-refractivity contribution in [3.8, 4) is 23.5 Å². The van der Waals surface area contributed by atoms with E-state index >= 15 is 0 Å². The van der Waals surface area contributed by atoms with Gasteiger partial charge in [-0.3, -0.25) is 5.32 Å². The number of amides is 3. The normalized spacial score (nSPS) is 11.5. The third kappa shape index (κ3) is 4.83. The van der Waals surface area contributed by atoms with Crippen LogP contribution in [0, 0.1) is 12.3 Å². The van der Waals surface area contributed by atoms with E-state index in [0.29, 0.717) is 10.8 Å². The smallest absolute Gasteiger partial charge is 0.404 e. The number of thiazole rings is 1. The standard InChI is InChI=1S/C21H16N6O3S2/c1-2-18-24-17(11-31-18)25-21(29)23-16(10-30-20(22)28)13-8-6-12(7-9-13)14-4-3-5-15-19(14)27-32-26-15/h1,3-9,11,16H,10H2,(H2,22,28)(H2,23,25,29). The zero-order chi connectivity index (χ0) is 22.5. The van der Waals surface area contributed by atoms with E-state index in [2.05, 4.69) is 30.3 Å². The number of terminal acetylenes is 1. The molecule has 9 nitrogen and oxygen atoms in total. The molecule has 4 aromatic rings. The molecule has 0 saturated heterocycles. The summed E-state index contributed by atoms with van der Waals surface area (Å²) in [6.07, 6.45) is 4.36. The molecular formula is C21H16N6O3S2. The predicted molar refractivity (Wildman–Crippen MR) is 123 cm³/mol. The first-order valence-corrected chi connectivity index (χ1v) is 10.9. The van der Waals surface area contributed by atoms with Gasteiger partial charge in [0.2, 0.25) is 0 Å². The Morgan fingerprint density at radius 2 is 2.00 bits per heavy atom. The molecule has 1 atom stereocenters. The number of aromatic nitrogens is 3. The molecule has 1 unspecified atom stereocenters. The number of fused-ring (bicyclic) bond motifs is 1. The third-order valence-corrected chi connectivity index (χ3v) is 5.79. The molecule has 2 heterocycles. The minimum Gasteiger partial charge on any atom is -0.447 e. The summed E-state index contributed by atoms with van der Waals surface area (Å²) in [6, 6.07) is 12.1. The van der Waals surface area contributed by atoms with Gasteiger partial charge in [-0.1, -0.05) is 36.4 Å². The van der Waals surface area contributed by atoms with Gasteiger partial charge in [0.15, 0.2) is 5.01 Å². The van der Waals surface area contributed by atoms with Crippen LogP contribution in [0.5, 0.6) is 0 Å². The van der Waals surface area contributed by atoms with Crippen LogP contribution in [-0.2, 0) is 4.74 Å². The molecule has 11 heteroatoms. The van der Waals surface area contributed by atoms with Crippen molar-refractivity contribution in [1.82, 2.24) is 19.0 Å². The van der Waals surface area contributed by atoms with E-state index in [-0.39, 0.29) is 6.61 Å². The number of rotatable bonds is 6. The molecule has 0 fully saturated rings. The highest BCUT2D eigenvalue weighted by Crippen LogP contribution is 2.28. The number of nitrogens with zero attached hydrogens (tertiary/aromatic N) is 3. The van der Waals surface area contributed by atoms with Crippen LogP contribution in [0.25, 0.3) is 22.2 Å². The van der Waals surface area contributed by atoms with Gasteiger partial charge in [-0.05, 0) is 23.1 Å². The Bertz CT molecular complexity index is 1310. The second-order valence-electron chi connectivity index (χ2n) is 6.52. The highest BCUT2D eigenvalue weighted by Gasteiger charge is 2.18. The maximum Gasteiger partial charge on any atom is 0.404 e. The maximum atomic E-state index is 12.4. The molecule has 32 heavy (non-hydrogen) atoms. The van der Waals surface area contributed by atoms with Gasteiger partial charge in [0, 0.05) is 10.9 Å². The van der Waals surface area contributed by atoms with Gasteiger partial charge in [-0.2, -0.15) is 8.75 Å². The van der Waals surface area contributed by atoms with Crippen LogP contribution in [0.1, 0.15) is 16.6 Å². The van der Waals surface area contributed by atoms with Gasteiger partial charge in [-0.25, -0.2) is 14.6 Å². The number of carbonyl (C=O) groups is 2. The molecule has 2 aromatic carbocycles. The largest absolute Gasteiger partial charge is 0.447 e. The van der Waals surface area contributed by atoms with E-state index in [9.17, 15) is 9.59 Å². The highest BCUT2D eigenvalue weighted by molar-refractivity contribution is 7.10. The lowest BCUT2D eigenvalue weighted by atomic mass is 10.00. The molecule has 0 radical (unpaired) electrons. The van der Waals surface area contributed by atoms with Crippen molar-refractivity contribution in [1.29, 1.82) is 0 Å². The first kappa shape index (κ1) is 21.2. The highest BCUT2D eigenvalue weighted by atomic mass is 32.1. The van der Waals surface area contributed by atoms with Crippen molar-refractivity contribution in [2.45, 2.75) is 6.04 Å². The van der Waals surface area contributed by atoms with Crippen molar-refractivity contribution >= 4 is 52.0 Å². The summed E-state index contributed by atoms with van der Waals surface area (Å²) >= 11 is 2.40. The van der Waals surface area contributed by atoms with E-state index in [1.807, 2.05) is 42.5 Å². The first-order valence-electron chi connectivity index (χ1n) is 9.27. The summed E-state index contributed by atoms with van der Waals surface area (Å²) in [6.45, 7) is -0.139. The fourth-order valence-corrected chi connectivity index (χ4v) is 4.13. The summed E-state index contributed by atoms with van der Waals surface area (Å²) in [5.41, 5.74) is 9.37. The van der Waals surface area contributed by atoms with Gasteiger partial charge < -0.3 is 15.8 Å². The van der Waals surface area contributed by atoms with Gasteiger partial charge in [0.25, 0.3) is 0 Å². The van der Waals surface area contributed by atoms with Gasteiger partial charge in [-0.15, -0.1) is 17.8 Å². The Morgan fingerprint density at radius 3 is 2.72 bits per heavy atom. The Labute approximate surface area is 191 Å². The molecule has 0 aliphatic rings. The second kappa shape index (κ2) is 9.42. The number of ether oxygens (including phenoxy) is 1. The van der Waals surface area contributed by atoms with Crippen molar-refractivity contribution in [3.63, 3.8) is 0 Å². The topological polar surface area (TPSA) is 132 Å². The van der Waals surface area contributed by atoms with Crippen molar-refractivity contribution in [2.24, 2.45) is 5.73 Å². The lowest BCUT2D eigenvalue weighted by molar-refractivity contribution is 0.144. The summed E-state index contributed by atoms with van der Waals surface area (Å²) < 4.78 is 13.6. The van der Waals surface area contributed by atoms with E-state index in [1.165, 1.54) is 11.3 Å². The Hall–Kier alpha value is -4.01. The zero-order valence-electron chi connectivity index (χ0n) is 16.4. The fourth-order valence-electron chi connectivity index (χ4n) is 3.03. The van der Waals surface area contributed by atoms with Crippen LogP contribution >= 0.6 is 23.1 Å². The molecule has 3 amide bonds. The van der Waals surface area contributed by atoms with E-state index < -0.39 is 18.2 Å². The average molecular weight is 465 g/mol. The van der Waals surface area contributed by atoms with Gasteiger partial charge in [0.05, 0.1) is 17.8 Å². The van der Waals surface area contributed by atoms with Crippen molar-refractivity contribution in [3.05, 3.63) is 58.4 Å². The van der Waals surface area contributed by atoms with Crippen LogP contribution in [0.2, 0.25) is 0 Å². The average Bonchev–Trinajstić information content (AvgIpc) is 3.45. The monoisotopic (exact) mass is 464 g/mol. The Kier molecular flexibility index (Phi) is 6.25. The van der Waals surface area contributed by atoms with Crippen LogP contribution in [0.4, 0.5) is 15.4 Å². The number of hydrogen-bond donors (Lipinski definition) is 3. The molecule has 4 N–H and O–H groups in total. The summed E-state index contributed by atoms with van der Waals surface area (Å²) in [4.78, 5) is 27.7. The number of benzene rings is 2. The molecule has 0 aliphatic carbocycles. The number of nitrogens with one attached hydrogen (secondary N) is 2. The summed E-state index contributed by atoms with van der Waals surface area (Å²) in [5, 5.41) is 7.45. The number of urea groups is 1. The van der Waals surface area contributed by atoms with Gasteiger partial charge in [0.1, 0.15) is 23.5 Å². The van der Waals surface area contributed by atoms with Crippen LogP contribution < -0.4 is 16.4 Å². The molecule has 0 spiro atoms. The van der Waals surface area contributed by atoms with Crippen LogP contribution in [-0.4, -0.2) is 32.5 Å². The molecule has 4 rings (SSSR count). The van der Waals surface area contributed by atoms with Crippen LogP contribution in [0.3, 0.4) is 0 Å². The third-order valence-electron chi connectivity index (χ3n) is 4.48. The minimum absolute atomic E-state index is 0.139. The molecule has 0 bridgehead atoms. The first-order chi connectivity index (χ1) is 15.5. The van der Waals surface area contributed by atoms with Crippen molar-refractivity contribution < 1.29 is 14.3 Å². The minimum atomic E-state index is -0.935. The summed E-state index contributed by atoms with van der Waals surface area (Å²) in [7, 11) is 0. The Morgan fingerprint density at radius 1 is 1.19 bits per heavy atom. The summed E-state index contributed by atoms with van der Waals surface area (Å²) in [5.74, 6) is 2.73. The number of primary amides is 1. The van der Waals surface area contributed by atoms with E-state index in [1.54, 1.807) is 5.38 Å². The SMILES string of the molecule is C#Cc1nc(NC(=O)NC(COC(N)=O)c2ccc(-c3cccc4nsnc34)cc2)cs1. The van der Waals surface area contributed by atoms with Crippen LogP contribution in [0.15, 0.2) is 47.8 Å². The molecule has 160 valence electrons. The zero-order valence-corrected chi connectivity index (χ0v) is 18.1. The predicted octanol–water partition coefficient (Wildman–Crippen LogP) is 3.75. The van der Waals surface area contributed by atoms with Gasteiger partial charge >= 0.3 is 12.1 Å². The fraction of sp³-hybridized carbons (Fsp3) is 0.0952. The number of hydrogen-bond acceptors (Lipinski definition) is 8. The second-order valence-corrected chi connectivity index (χ2v) is 7.91. The molecule has 0 saturated carbocycles. The Balaban J connectivity index is 1.53. The van der Waals surface area contributed by atoms with Crippen molar-refractivity contribution in [2.75, 3.05) is 11.9 Å². The van der Waals surface area contributed by atoms with E-state index in [0.717, 1.165) is 39.5 Å². The molecule has 0 aliphatic heterocycles. The maximum absolute atomic E-state index is 12.4. The number of nitrogens with two attached hydrogens (primary N) is 1. The lowest BCUT2D eigenvalue weighted by Gasteiger charge is -2.19. The number of anilines is 1. The lowest BCUT2D eigenvalue weighted by Crippen LogP contribution is -2.36. The number of carbonyl (C=O) groups excluding carboxylic acids is 2. The molecular weight excluding hydrogens is 448 g/mol. The molecule has 2 aromatic heterocycles.